The van der Waals surface area contributed by atoms with Crippen molar-refractivity contribution in [3.05, 3.63) is 18.0 Å². The zero-order valence-electron chi connectivity index (χ0n) is 10.8. The van der Waals surface area contributed by atoms with Crippen molar-refractivity contribution in [2.24, 2.45) is 5.73 Å². The number of carbonyl (C=O) groups is 1. The van der Waals surface area contributed by atoms with E-state index < -0.39 is 15.0 Å². The molecule has 2 aromatic heterocycles. The van der Waals surface area contributed by atoms with Crippen LogP contribution in [0.1, 0.15) is 12.6 Å². The number of nitrogens with one attached hydrogen (secondary N) is 2. The normalized spacial score (nSPS) is 10.8. The van der Waals surface area contributed by atoms with Crippen molar-refractivity contribution in [3.63, 3.8) is 0 Å². The van der Waals surface area contributed by atoms with E-state index in [0.29, 0.717) is 17.8 Å². The number of H-pyrrole nitrogens is 1. The molecule has 0 bridgehead atoms. The molecule has 102 valence electrons. The molecule has 1 amide bonds. The third-order valence-corrected chi connectivity index (χ3v) is 4.09. The Kier molecular flexibility index (Phi) is 4.42. The molecular weight excluding hydrogens is 311 g/mol. The van der Waals surface area contributed by atoms with E-state index in [1.165, 1.54) is 0 Å². The molecule has 0 fully saturated rings. The van der Waals surface area contributed by atoms with E-state index in [2.05, 4.69) is 15.3 Å². The van der Waals surface area contributed by atoms with Crippen molar-refractivity contribution in [1.82, 2.24) is 9.97 Å². The van der Waals surface area contributed by atoms with Gasteiger partial charge >= 0.3 is 117 Å². The molecule has 0 radical (unpaired) electrons. The number of carbonyl (C=O) groups excluding carboxylic acids is 1. The molecule has 0 aromatic carbocycles. The van der Waals surface area contributed by atoms with Gasteiger partial charge < -0.3 is 0 Å². The number of fused-ring (bicyclic) bond motifs is 1. The summed E-state index contributed by atoms with van der Waals surface area (Å²) in [6.45, 7) is 2.97. The molecule has 0 unspecified atom stereocenters. The summed E-state index contributed by atoms with van der Waals surface area (Å²) in [6, 6.07) is 1.96. The molecule has 0 aliphatic heterocycles. The Morgan fingerprint density at radius 1 is 1.63 bits per heavy atom. The number of pyridine rings is 1. The van der Waals surface area contributed by atoms with E-state index in [4.69, 9.17) is 10.5 Å². The van der Waals surface area contributed by atoms with Gasteiger partial charge in [-0.25, -0.2) is 0 Å². The third-order valence-electron chi connectivity index (χ3n) is 2.65. The van der Waals surface area contributed by atoms with Gasteiger partial charge in [0.1, 0.15) is 0 Å². The van der Waals surface area contributed by atoms with Crippen LogP contribution in [0.4, 0.5) is 10.5 Å². The quantitative estimate of drug-likeness (QED) is 0.676. The van der Waals surface area contributed by atoms with Gasteiger partial charge in [0.05, 0.1) is 0 Å². The number of hydrogen-bond donors (Lipinski definition) is 3. The summed E-state index contributed by atoms with van der Waals surface area (Å²) in [7, 11) is 1.81. The number of rotatable bonds is 6. The molecule has 6 nitrogen and oxygen atoms in total. The van der Waals surface area contributed by atoms with Gasteiger partial charge in [0.25, 0.3) is 0 Å². The summed E-state index contributed by atoms with van der Waals surface area (Å²) in [4.78, 5) is 18.5. The van der Waals surface area contributed by atoms with Gasteiger partial charge in [0, 0.05) is 0 Å². The average Bonchev–Trinajstić information content (AvgIpc) is 2.84. The van der Waals surface area contributed by atoms with Gasteiger partial charge in [0.2, 0.25) is 0 Å². The first kappa shape index (κ1) is 13.9. The predicted molar refractivity (Wildman–Crippen MR) is 75.9 cm³/mol. The summed E-state index contributed by atoms with van der Waals surface area (Å²) in [5.74, 6) is 0. The van der Waals surface area contributed by atoms with Crippen LogP contribution in [0.5, 0.6) is 0 Å². The molecule has 0 spiro atoms. The number of aromatic amines is 1. The van der Waals surface area contributed by atoms with E-state index >= 15 is 0 Å². The molecule has 2 aromatic rings. The second-order valence-electron chi connectivity index (χ2n) is 3.81. The first-order valence-electron chi connectivity index (χ1n) is 5.90. The Labute approximate surface area is 117 Å². The maximum atomic E-state index is 11.2. The van der Waals surface area contributed by atoms with Crippen LogP contribution < -0.4 is 15.6 Å². The summed E-state index contributed by atoms with van der Waals surface area (Å²) in [5.41, 5.74) is 7.89. The first-order chi connectivity index (χ1) is 9.17. The topological polar surface area (TPSA) is 93.0 Å². The Morgan fingerprint density at radius 2 is 2.42 bits per heavy atom. The number of ether oxygens (including phenoxy) is 1. The molecule has 4 N–H and O–H groups in total. The number of primary amides is 1. The molecule has 0 aliphatic rings. The van der Waals surface area contributed by atoms with Gasteiger partial charge in [-0.15, -0.1) is 0 Å². The summed E-state index contributed by atoms with van der Waals surface area (Å²) >= 11 is -0.495. The van der Waals surface area contributed by atoms with Crippen LogP contribution in [0.3, 0.4) is 0 Å². The fraction of sp³-hybridized carbons (Fsp3) is 0.333. The SMILES string of the molecule is CCOCc1nc([Se]C(N)=O)c(NC)c2cc[nH]c12. The van der Waals surface area contributed by atoms with E-state index in [0.717, 1.165) is 22.3 Å². The van der Waals surface area contributed by atoms with E-state index in [9.17, 15) is 4.79 Å². The zero-order valence-corrected chi connectivity index (χ0v) is 12.5. The van der Waals surface area contributed by atoms with Crippen LogP contribution in [0.25, 0.3) is 10.9 Å². The van der Waals surface area contributed by atoms with Gasteiger partial charge in [-0.2, -0.15) is 0 Å². The second kappa shape index (κ2) is 6.06. The summed E-state index contributed by atoms with van der Waals surface area (Å²) in [6.07, 6.45) is 1.85. The van der Waals surface area contributed by atoms with Crippen molar-refractivity contribution >= 4 is 40.9 Å². The molecular formula is C12H16N4O2Se. The predicted octanol–water partition coefficient (Wildman–Crippen LogP) is 0.549. The molecule has 2 heterocycles. The number of amides is 1. The molecule has 2 rings (SSSR count). The Morgan fingerprint density at radius 3 is 3.05 bits per heavy atom. The van der Waals surface area contributed by atoms with E-state index in [-0.39, 0.29) is 4.81 Å². The van der Waals surface area contributed by atoms with E-state index in [1.807, 2.05) is 26.2 Å². The molecule has 0 atom stereocenters. The van der Waals surface area contributed by atoms with Crippen LogP contribution in [-0.4, -0.2) is 43.4 Å². The first-order valence-corrected chi connectivity index (χ1v) is 7.61. The zero-order chi connectivity index (χ0) is 13.8. The minimum atomic E-state index is -0.495. The third kappa shape index (κ3) is 2.89. The fourth-order valence-corrected chi connectivity index (χ4v) is 3.27. The summed E-state index contributed by atoms with van der Waals surface area (Å²) < 4.78 is 6.13. The van der Waals surface area contributed by atoms with Crippen molar-refractivity contribution in [2.45, 2.75) is 13.5 Å². The van der Waals surface area contributed by atoms with Gasteiger partial charge in [0.15, 0.2) is 0 Å². The number of nitrogens with zero attached hydrogens (tertiary/aromatic N) is 1. The van der Waals surface area contributed by atoms with Crippen LogP contribution in [0.15, 0.2) is 12.3 Å². The fourth-order valence-electron chi connectivity index (χ4n) is 1.88. The van der Waals surface area contributed by atoms with Gasteiger partial charge in [-0.3, -0.25) is 0 Å². The molecule has 0 saturated carbocycles. The monoisotopic (exact) mass is 328 g/mol. The number of hydrogen-bond acceptors (Lipinski definition) is 4. The van der Waals surface area contributed by atoms with Crippen LogP contribution in [-0.2, 0) is 11.3 Å². The number of aromatic nitrogens is 2. The Hall–Kier alpha value is -1.56. The van der Waals surface area contributed by atoms with Crippen LogP contribution in [0, 0.1) is 0 Å². The van der Waals surface area contributed by atoms with Gasteiger partial charge in [-0.05, 0) is 0 Å². The molecule has 19 heavy (non-hydrogen) atoms. The Bertz CT molecular complexity index is 597. The van der Waals surface area contributed by atoms with Crippen LogP contribution >= 0.6 is 0 Å². The second-order valence-corrected chi connectivity index (χ2v) is 5.90. The van der Waals surface area contributed by atoms with Gasteiger partial charge in [-0.1, -0.05) is 0 Å². The standard InChI is InChI=1S/C12H16N4O2Se/c1-3-18-6-8-9-7(4-5-15-9)10(14-2)11(16-8)19-12(13)17/h4-5,14-15H,3,6H2,1-2H3,(H2,13,17). The molecule has 7 heteroatoms. The Balaban J connectivity index is 2.55. The van der Waals surface area contributed by atoms with Crippen molar-refractivity contribution in [2.75, 3.05) is 19.0 Å². The minimum absolute atomic E-state index is 0.339. The van der Waals surface area contributed by atoms with Crippen LogP contribution in [0.2, 0.25) is 0 Å². The number of nitrogens with two attached hydrogens (primary N) is 1. The van der Waals surface area contributed by atoms with E-state index in [1.54, 1.807) is 0 Å². The average molecular weight is 327 g/mol. The maximum absolute atomic E-state index is 11.2. The number of anilines is 1. The molecule has 0 saturated heterocycles. The van der Waals surface area contributed by atoms with Crippen molar-refractivity contribution in [3.8, 4) is 0 Å². The van der Waals surface area contributed by atoms with Crippen molar-refractivity contribution < 1.29 is 9.53 Å². The summed E-state index contributed by atoms with van der Waals surface area (Å²) in [5, 5.41) is 4.10. The van der Waals surface area contributed by atoms with Crippen molar-refractivity contribution in [1.29, 1.82) is 0 Å². The molecule has 0 aliphatic carbocycles.